The number of hydrogen-bond acceptors (Lipinski definition) is 15. The highest BCUT2D eigenvalue weighted by Crippen LogP contribution is 2.45. The van der Waals surface area contributed by atoms with Crippen molar-refractivity contribution in [1.82, 2.24) is 0 Å². The molecule has 0 fully saturated rings. The van der Waals surface area contributed by atoms with Crippen molar-refractivity contribution in [2.45, 2.75) is 427 Å². The molecule has 0 saturated carbocycles. The Kier molecular flexibility index (Phi) is 67.8. The lowest BCUT2D eigenvalue weighted by Gasteiger charge is -2.21. The Hall–Kier alpha value is -1.94. The van der Waals surface area contributed by atoms with Crippen molar-refractivity contribution < 1.29 is 80.2 Å². The number of phosphoric acid groups is 2. The number of ether oxygens (including phenoxy) is 4. The van der Waals surface area contributed by atoms with Gasteiger partial charge >= 0.3 is 39.5 Å². The van der Waals surface area contributed by atoms with Gasteiger partial charge in [0.15, 0.2) is 12.2 Å². The smallest absolute Gasteiger partial charge is 0.462 e. The molecule has 0 saturated heterocycles. The molecule has 0 aliphatic heterocycles. The normalized spacial score (nSPS) is 14.3. The molecular formula is C80H156O17P2. The summed E-state index contributed by atoms with van der Waals surface area (Å²) in [5.74, 6) is 0.982. The van der Waals surface area contributed by atoms with E-state index in [2.05, 4.69) is 55.4 Å². The van der Waals surface area contributed by atoms with Gasteiger partial charge < -0.3 is 33.8 Å². The van der Waals surface area contributed by atoms with Gasteiger partial charge in [-0.3, -0.25) is 37.3 Å². The lowest BCUT2D eigenvalue weighted by Crippen LogP contribution is -2.30. The second-order valence-electron chi connectivity index (χ2n) is 30.5. The summed E-state index contributed by atoms with van der Waals surface area (Å²) in [7, 11) is -9.92. The summed E-state index contributed by atoms with van der Waals surface area (Å²) in [5.41, 5.74) is 0. The van der Waals surface area contributed by atoms with Gasteiger partial charge in [0.05, 0.1) is 26.4 Å². The van der Waals surface area contributed by atoms with Crippen LogP contribution in [0.1, 0.15) is 409 Å². The fourth-order valence-corrected chi connectivity index (χ4v) is 13.8. The monoisotopic (exact) mass is 1450 g/mol. The third kappa shape index (κ3) is 72.8. The molecule has 0 radical (unpaired) electrons. The van der Waals surface area contributed by atoms with E-state index >= 15 is 0 Å². The predicted octanol–water partition coefficient (Wildman–Crippen LogP) is 23.6. The average Bonchev–Trinajstić information content (AvgIpc) is 0.968. The number of phosphoric ester groups is 2. The van der Waals surface area contributed by atoms with Crippen LogP contribution < -0.4 is 0 Å². The Morgan fingerprint density at radius 3 is 0.717 bits per heavy atom. The number of carbonyl (C=O) groups is 4. The van der Waals surface area contributed by atoms with E-state index in [4.69, 9.17) is 37.0 Å². The van der Waals surface area contributed by atoms with E-state index in [-0.39, 0.29) is 25.7 Å². The van der Waals surface area contributed by atoms with Crippen LogP contribution in [0.15, 0.2) is 0 Å². The third-order valence-electron chi connectivity index (χ3n) is 18.9. The Morgan fingerprint density at radius 1 is 0.283 bits per heavy atom. The molecule has 0 rings (SSSR count). The van der Waals surface area contributed by atoms with Crippen LogP contribution in [0, 0.1) is 23.7 Å². The lowest BCUT2D eigenvalue weighted by molar-refractivity contribution is -0.161. The van der Waals surface area contributed by atoms with Gasteiger partial charge in [-0.2, -0.15) is 0 Å². The Morgan fingerprint density at radius 2 is 0.485 bits per heavy atom. The van der Waals surface area contributed by atoms with E-state index in [1.54, 1.807) is 0 Å². The molecule has 0 aromatic carbocycles. The van der Waals surface area contributed by atoms with Crippen molar-refractivity contribution in [3.8, 4) is 0 Å². The molecular weight excluding hydrogens is 1290 g/mol. The minimum Gasteiger partial charge on any atom is -0.462 e. The first-order valence-electron chi connectivity index (χ1n) is 41.2. The number of hydrogen-bond donors (Lipinski definition) is 3. The largest absolute Gasteiger partial charge is 0.472 e. The second kappa shape index (κ2) is 69.1. The summed E-state index contributed by atoms with van der Waals surface area (Å²) in [4.78, 5) is 73.0. The second-order valence-corrected chi connectivity index (χ2v) is 33.4. The Labute approximate surface area is 607 Å². The Bertz CT molecular complexity index is 1940. The molecule has 588 valence electrons. The van der Waals surface area contributed by atoms with Crippen LogP contribution in [0.4, 0.5) is 0 Å². The molecule has 3 N–H and O–H groups in total. The van der Waals surface area contributed by atoms with Crippen LogP contribution in [0.25, 0.3) is 0 Å². The van der Waals surface area contributed by atoms with E-state index < -0.39 is 97.5 Å². The minimum atomic E-state index is -4.96. The van der Waals surface area contributed by atoms with Crippen LogP contribution in [0.3, 0.4) is 0 Å². The van der Waals surface area contributed by atoms with Crippen molar-refractivity contribution in [2.75, 3.05) is 39.6 Å². The van der Waals surface area contributed by atoms with Gasteiger partial charge in [-0.25, -0.2) is 9.13 Å². The SMILES string of the molecule is CCC(C)CCCCCCCCC(=O)OC[C@H](COP(=O)(O)OC[C@H](O)COP(=O)(O)OC[C@@H](COC(=O)CCCCCCCCCCCCCCCCCC(C)C)OC(=O)CCCCCCCCCCCCCCCCC(C)C)OC(=O)CCCCCCCCCCCCCC(C)C. The van der Waals surface area contributed by atoms with Crippen LogP contribution >= 0.6 is 15.6 Å². The van der Waals surface area contributed by atoms with Gasteiger partial charge in [0, 0.05) is 25.7 Å². The van der Waals surface area contributed by atoms with E-state index in [9.17, 15) is 43.2 Å². The highest BCUT2D eigenvalue weighted by atomic mass is 31.2. The maximum Gasteiger partial charge on any atom is 0.472 e. The molecule has 0 aliphatic carbocycles. The molecule has 0 aromatic rings. The van der Waals surface area contributed by atoms with Crippen LogP contribution in [-0.2, 0) is 65.4 Å². The number of esters is 4. The molecule has 0 spiro atoms. The topological polar surface area (TPSA) is 237 Å². The van der Waals surface area contributed by atoms with Crippen molar-refractivity contribution in [2.24, 2.45) is 23.7 Å². The number of unbranched alkanes of at least 4 members (excludes halogenated alkanes) is 42. The number of carbonyl (C=O) groups excluding carboxylic acids is 4. The zero-order valence-electron chi connectivity index (χ0n) is 65.1. The van der Waals surface area contributed by atoms with E-state index in [0.29, 0.717) is 25.7 Å². The quantitative estimate of drug-likeness (QED) is 0.0222. The van der Waals surface area contributed by atoms with Crippen molar-refractivity contribution in [1.29, 1.82) is 0 Å². The van der Waals surface area contributed by atoms with Crippen LogP contribution in [0.2, 0.25) is 0 Å². The first-order valence-corrected chi connectivity index (χ1v) is 44.2. The summed E-state index contributed by atoms with van der Waals surface area (Å²) in [6.07, 6.45) is 55.5. The van der Waals surface area contributed by atoms with Gasteiger partial charge in [0.1, 0.15) is 19.3 Å². The maximum atomic E-state index is 13.1. The summed E-state index contributed by atoms with van der Waals surface area (Å²) in [6, 6.07) is 0. The summed E-state index contributed by atoms with van der Waals surface area (Å²) in [5, 5.41) is 10.6. The number of rotatable bonds is 77. The predicted molar refractivity (Wildman–Crippen MR) is 404 cm³/mol. The number of aliphatic hydroxyl groups is 1. The zero-order valence-corrected chi connectivity index (χ0v) is 66.9. The Balaban J connectivity index is 5.25. The molecule has 0 aliphatic rings. The van der Waals surface area contributed by atoms with Gasteiger partial charge in [-0.15, -0.1) is 0 Å². The van der Waals surface area contributed by atoms with E-state index in [1.165, 1.54) is 205 Å². The molecule has 99 heavy (non-hydrogen) atoms. The van der Waals surface area contributed by atoms with Gasteiger partial charge in [-0.1, -0.05) is 357 Å². The van der Waals surface area contributed by atoms with Gasteiger partial charge in [0.25, 0.3) is 0 Å². The maximum absolute atomic E-state index is 13.1. The van der Waals surface area contributed by atoms with Crippen molar-refractivity contribution in [3.63, 3.8) is 0 Å². The molecule has 0 bridgehead atoms. The highest BCUT2D eigenvalue weighted by molar-refractivity contribution is 7.47. The highest BCUT2D eigenvalue weighted by Gasteiger charge is 2.30. The fourth-order valence-electron chi connectivity index (χ4n) is 12.2. The zero-order chi connectivity index (χ0) is 73.1. The summed E-state index contributed by atoms with van der Waals surface area (Å²) in [6.45, 7) is 14.2. The first-order chi connectivity index (χ1) is 47.6. The summed E-state index contributed by atoms with van der Waals surface area (Å²) >= 11 is 0. The number of aliphatic hydroxyl groups excluding tert-OH is 1. The van der Waals surface area contributed by atoms with Crippen LogP contribution in [0.5, 0.6) is 0 Å². The van der Waals surface area contributed by atoms with Crippen molar-refractivity contribution >= 4 is 39.5 Å². The fraction of sp³-hybridized carbons (Fsp3) is 0.950. The first kappa shape index (κ1) is 97.1. The average molecular weight is 1450 g/mol. The van der Waals surface area contributed by atoms with E-state index in [0.717, 1.165) is 120 Å². The van der Waals surface area contributed by atoms with E-state index in [1.807, 2.05) is 0 Å². The summed E-state index contributed by atoms with van der Waals surface area (Å²) < 4.78 is 68.7. The molecule has 0 heterocycles. The molecule has 0 aromatic heterocycles. The van der Waals surface area contributed by atoms with Crippen molar-refractivity contribution in [3.05, 3.63) is 0 Å². The molecule has 17 nitrogen and oxygen atoms in total. The van der Waals surface area contributed by atoms with Gasteiger partial charge in [0.2, 0.25) is 0 Å². The molecule has 6 atom stereocenters. The van der Waals surface area contributed by atoms with Gasteiger partial charge in [-0.05, 0) is 49.4 Å². The van der Waals surface area contributed by atoms with Crippen LogP contribution in [-0.4, -0.2) is 96.7 Å². The minimum absolute atomic E-state index is 0.105. The molecule has 3 unspecified atom stereocenters. The third-order valence-corrected chi connectivity index (χ3v) is 20.8. The lowest BCUT2D eigenvalue weighted by atomic mass is 10.00. The molecule has 0 amide bonds. The standard InChI is InChI=1S/C80H156O17P2/c1-9-73(8)59-51-43-38-39-45-53-61-78(83)91-67-76(97-80(85)63-55-47-37-31-25-19-22-28-34-42-50-58-72(6)7)69-95-99(88,89)93-65-74(81)64-92-98(86,87)94-68-75(96-79(84)62-54-46-36-30-24-18-14-13-16-21-27-33-41-49-57-71(4)5)66-90-77(82)60-52-44-35-29-23-17-12-10-11-15-20-26-32-40-48-56-70(2)3/h70-76,81H,9-69H2,1-8H3,(H,86,87)(H,88,89)/t73?,74-,75-,76-/m1/s1. The molecule has 19 heteroatoms.